The highest BCUT2D eigenvalue weighted by Gasteiger charge is 2.17. The molecule has 1 aliphatic heterocycles. The zero-order chi connectivity index (χ0) is 12.4. The third-order valence-electron chi connectivity index (χ3n) is 2.18. The summed E-state index contributed by atoms with van der Waals surface area (Å²) in [5, 5.41) is 13.8. The molecule has 0 radical (unpaired) electrons. The summed E-state index contributed by atoms with van der Waals surface area (Å²) in [4.78, 5) is 10.0. The van der Waals surface area contributed by atoms with Gasteiger partial charge in [0.1, 0.15) is 0 Å². The Hall–Kier alpha value is -1.46. The van der Waals surface area contributed by atoms with Gasteiger partial charge < -0.3 is 10.1 Å². The maximum Gasteiger partial charge on any atom is 0.272 e. The summed E-state index contributed by atoms with van der Waals surface area (Å²) in [6, 6.07) is 2.41. The van der Waals surface area contributed by atoms with Crippen LogP contribution in [0.5, 0.6) is 5.75 Å². The summed E-state index contributed by atoms with van der Waals surface area (Å²) in [6.07, 6.45) is 2.71. The Morgan fingerprint density at radius 2 is 2.00 bits per heavy atom. The number of halogens is 2. The molecule has 1 heterocycles. The van der Waals surface area contributed by atoms with Gasteiger partial charge in [-0.2, -0.15) is 0 Å². The summed E-state index contributed by atoms with van der Waals surface area (Å²) in [5.41, 5.74) is -0.166. The fraction of sp³-hybridized carbons (Fsp3) is 0.200. The quantitative estimate of drug-likeness (QED) is 0.680. The van der Waals surface area contributed by atoms with E-state index in [2.05, 4.69) is 5.32 Å². The summed E-state index contributed by atoms with van der Waals surface area (Å²) in [6.45, 7) is 0.789. The van der Waals surface area contributed by atoms with E-state index in [4.69, 9.17) is 27.9 Å². The Kier molecular flexibility index (Phi) is 3.40. The van der Waals surface area contributed by atoms with Crippen molar-refractivity contribution in [2.45, 2.75) is 6.42 Å². The van der Waals surface area contributed by atoms with Gasteiger partial charge in [0.15, 0.2) is 11.6 Å². The lowest BCUT2D eigenvalue weighted by atomic mass is 10.3. The zero-order valence-corrected chi connectivity index (χ0v) is 10.1. The van der Waals surface area contributed by atoms with Gasteiger partial charge in [-0.3, -0.25) is 10.1 Å². The Bertz CT molecular complexity index is 479. The number of nitro groups is 1. The van der Waals surface area contributed by atoms with Gasteiger partial charge in [0.25, 0.3) is 5.69 Å². The molecule has 0 unspecified atom stereocenters. The molecule has 5 nitrogen and oxygen atoms in total. The van der Waals surface area contributed by atoms with Crippen LogP contribution in [0.15, 0.2) is 24.1 Å². The van der Waals surface area contributed by atoms with Gasteiger partial charge in [-0.25, -0.2) is 0 Å². The molecule has 0 bridgehead atoms. The van der Waals surface area contributed by atoms with Gasteiger partial charge in [0.2, 0.25) is 0 Å². The van der Waals surface area contributed by atoms with E-state index in [0.29, 0.717) is 5.88 Å². The van der Waals surface area contributed by atoms with E-state index in [0.717, 1.165) is 13.0 Å². The fourth-order valence-electron chi connectivity index (χ4n) is 1.41. The monoisotopic (exact) mass is 274 g/mol. The molecule has 7 heteroatoms. The minimum absolute atomic E-state index is 0.110. The van der Waals surface area contributed by atoms with Gasteiger partial charge >= 0.3 is 0 Å². The van der Waals surface area contributed by atoms with Crippen LogP contribution in [0.3, 0.4) is 0 Å². The molecule has 1 aliphatic rings. The topological polar surface area (TPSA) is 64.4 Å². The lowest BCUT2D eigenvalue weighted by Crippen LogP contribution is -2.12. The highest BCUT2D eigenvalue weighted by Crippen LogP contribution is 2.37. The van der Waals surface area contributed by atoms with E-state index in [-0.39, 0.29) is 21.5 Å². The fourth-order valence-corrected chi connectivity index (χ4v) is 1.96. The lowest BCUT2D eigenvalue weighted by molar-refractivity contribution is -0.384. The SMILES string of the molecule is O=[N+]([O-])c1cc(Cl)c(OC2=CCCN2)c(Cl)c1. The van der Waals surface area contributed by atoms with Gasteiger partial charge in [-0.15, -0.1) is 0 Å². The Balaban J connectivity index is 2.31. The number of non-ortho nitro benzene ring substituents is 1. The number of benzene rings is 1. The van der Waals surface area contributed by atoms with Gasteiger partial charge in [-0.1, -0.05) is 23.2 Å². The first kappa shape index (κ1) is 12.0. The molecule has 90 valence electrons. The van der Waals surface area contributed by atoms with Crippen molar-refractivity contribution in [2.24, 2.45) is 0 Å². The average Bonchev–Trinajstić information content (AvgIpc) is 2.75. The molecular formula is C10H8Cl2N2O3. The zero-order valence-electron chi connectivity index (χ0n) is 8.57. The molecule has 1 aromatic carbocycles. The summed E-state index contributed by atoms with van der Waals surface area (Å²) in [5.74, 6) is 0.780. The molecule has 2 rings (SSSR count). The first-order valence-electron chi connectivity index (χ1n) is 4.83. The van der Waals surface area contributed by atoms with Gasteiger partial charge in [0.05, 0.1) is 15.0 Å². The highest BCUT2D eigenvalue weighted by atomic mass is 35.5. The number of ether oxygens (including phenoxy) is 1. The molecule has 0 saturated carbocycles. The predicted octanol–water partition coefficient (Wildman–Crippen LogP) is 3.12. The van der Waals surface area contributed by atoms with Crippen LogP contribution in [0.25, 0.3) is 0 Å². The molecule has 0 aromatic heterocycles. The molecule has 0 atom stereocenters. The maximum atomic E-state index is 10.6. The minimum Gasteiger partial charge on any atom is -0.439 e. The van der Waals surface area contributed by atoms with E-state index >= 15 is 0 Å². The summed E-state index contributed by atoms with van der Waals surface area (Å²) < 4.78 is 5.44. The Morgan fingerprint density at radius 3 is 2.47 bits per heavy atom. The summed E-state index contributed by atoms with van der Waals surface area (Å²) >= 11 is 11.8. The Labute approximate surface area is 107 Å². The van der Waals surface area contributed by atoms with E-state index in [1.807, 2.05) is 6.08 Å². The minimum atomic E-state index is -0.561. The molecule has 0 saturated heterocycles. The lowest BCUT2D eigenvalue weighted by Gasteiger charge is -2.10. The van der Waals surface area contributed by atoms with Crippen molar-refractivity contribution in [1.82, 2.24) is 5.32 Å². The van der Waals surface area contributed by atoms with Crippen LogP contribution in [-0.2, 0) is 0 Å². The van der Waals surface area contributed by atoms with Crippen LogP contribution in [0, 0.1) is 10.1 Å². The normalized spacial score (nSPS) is 14.1. The third kappa shape index (κ3) is 2.62. The van der Waals surface area contributed by atoms with Crippen LogP contribution < -0.4 is 10.1 Å². The number of nitrogens with zero attached hydrogens (tertiary/aromatic N) is 1. The number of hydrogen-bond donors (Lipinski definition) is 1. The largest absolute Gasteiger partial charge is 0.439 e. The summed E-state index contributed by atoms with van der Waals surface area (Å²) in [7, 11) is 0. The van der Waals surface area contributed by atoms with Gasteiger partial charge in [0, 0.05) is 18.7 Å². The molecule has 0 aliphatic carbocycles. The molecule has 0 spiro atoms. The second-order valence-electron chi connectivity index (χ2n) is 3.38. The standard InChI is InChI=1S/C10H8Cl2N2O3/c11-7-4-6(14(15)16)5-8(12)10(7)17-9-2-1-3-13-9/h2,4-5,13H,1,3H2. The number of nitro benzene ring substituents is 1. The van der Waals surface area contributed by atoms with Crippen molar-refractivity contribution < 1.29 is 9.66 Å². The number of hydrogen-bond acceptors (Lipinski definition) is 4. The molecule has 1 aromatic rings. The molecule has 0 amide bonds. The van der Waals surface area contributed by atoms with Crippen molar-refractivity contribution in [1.29, 1.82) is 0 Å². The number of nitrogens with one attached hydrogen (secondary N) is 1. The van der Waals surface area contributed by atoms with Crippen LogP contribution in [0.1, 0.15) is 6.42 Å². The molecule has 0 fully saturated rings. The van der Waals surface area contributed by atoms with Crippen molar-refractivity contribution >= 4 is 28.9 Å². The third-order valence-corrected chi connectivity index (χ3v) is 2.74. The van der Waals surface area contributed by atoms with Crippen molar-refractivity contribution in [3.05, 3.63) is 44.3 Å². The van der Waals surface area contributed by atoms with Crippen LogP contribution in [0.2, 0.25) is 10.0 Å². The second-order valence-corrected chi connectivity index (χ2v) is 4.20. The second kappa shape index (κ2) is 4.81. The Morgan fingerprint density at radius 1 is 1.35 bits per heavy atom. The van der Waals surface area contributed by atoms with E-state index < -0.39 is 4.92 Å². The van der Waals surface area contributed by atoms with E-state index in [1.165, 1.54) is 12.1 Å². The highest BCUT2D eigenvalue weighted by molar-refractivity contribution is 6.37. The van der Waals surface area contributed by atoms with Crippen LogP contribution >= 0.6 is 23.2 Å². The molecule has 17 heavy (non-hydrogen) atoms. The van der Waals surface area contributed by atoms with Crippen molar-refractivity contribution in [2.75, 3.05) is 6.54 Å². The molecule has 1 N–H and O–H groups in total. The average molecular weight is 275 g/mol. The number of rotatable bonds is 3. The van der Waals surface area contributed by atoms with Crippen LogP contribution in [-0.4, -0.2) is 11.5 Å². The van der Waals surface area contributed by atoms with Crippen molar-refractivity contribution in [3.63, 3.8) is 0 Å². The smallest absolute Gasteiger partial charge is 0.272 e. The van der Waals surface area contributed by atoms with Crippen LogP contribution in [0.4, 0.5) is 5.69 Å². The first-order chi connectivity index (χ1) is 8.08. The van der Waals surface area contributed by atoms with Gasteiger partial charge in [-0.05, 0) is 12.5 Å². The van der Waals surface area contributed by atoms with E-state index in [9.17, 15) is 10.1 Å². The first-order valence-corrected chi connectivity index (χ1v) is 5.59. The molecular weight excluding hydrogens is 267 g/mol. The predicted molar refractivity (Wildman–Crippen MR) is 64.4 cm³/mol. The van der Waals surface area contributed by atoms with E-state index in [1.54, 1.807) is 0 Å². The van der Waals surface area contributed by atoms with Crippen molar-refractivity contribution in [3.8, 4) is 5.75 Å². The maximum absolute atomic E-state index is 10.6.